The molecule has 1 heterocycles. The Morgan fingerprint density at radius 2 is 1.82 bits per heavy atom. The number of hydrogen-bond donors (Lipinski definition) is 4. The minimum atomic E-state index is -1.23. The Balaban J connectivity index is 1.42. The summed E-state index contributed by atoms with van der Waals surface area (Å²) in [5.41, 5.74) is 8.23. The van der Waals surface area contributed by atoms with E-state index in [1.54, 1.807) is 36.5 Å². The Morgan fingerprint density at radius 3 is 2.53 bits per heavy atom. The van der Waals surface area contributed by atoms with Gasteiger partial charge in [0.1, 0.15) is 11.9 Å². The molecule has 8 nitrogen and oxygen atoms in total. The quantitative estimate of drug-likeness (QED) is 0.215. The molecular weight excluding hydrogens is 508 g/mol. The normalized spacial score (nSPS) is 15.1. The van der Waals surface area contributed by atoms with Crippen molar-refractivity contribution in [3.05, 3.63) is 76.4 Å². The van der Waals surface area contributed by atoms with E-state index in [1.165, 1.54) is 5.56 Å². The first-order valence-corrected chi connectivity index (χ1v) is 12.9. The van der Waals surface area contributed by atoms with Crippen LogP contribution in [0.5, 0.6) is 5.75 Å². The number of Topliss-reactive ketones (excluding diaryl/α,β-unsaturated/α-hetero) is 1. The van der Waals surface area contributed by atoms with E-state index >= 15 is 0 Å². The lowest BCUT2D eigenvalue weighted by molar-refractivity contribution is -0.0191. The number of primary amides is 1. The van der Waals surface area contributed by atoms with Gasteiger partial charge in [-0.2, -0.15) is 0 Å². The van der Waals surface area contributed by atoms with Gasteiger partial charge in [-0.05, 0) is 71.8 Å². The maximum absolute atomic E-state index is 13.4. The largest absolute Gasteiger partial charge is 0.485 e. The van der Waals surface area contributed by atoms with Crippen LogP contribution < -0.4 is 10.5 Å². The molecule has 0 aliphatic heterocycles. The maximum Gasteiger partial charge on any atom is 0.252 e. The minimum absolute atomic E-state index is 0.153. The van der Waals surface area contributed by atoms with Crippen LogP contribution in [0.3, 0.4) is 0 Å². The van der Waals surface area contributed by atoms with Gasteiger partial charge in [-0.15, -0.1) is 0 Å². The molecular formula is C29H29ClN2O6. The van der Waals surface area contributed by atoms with Gasteiger partial charge in [0.2, 0.25) is 5.78 Å². The Morgan fingerprint density at radius 1 is 1.03 bits per heavy atom. The molecule has 1 aromatic heterocycles. The van der Waals surface area contributed by atoms with Crippen LogP contribution in [-0.4, -0.2) is 57.0 Å². The Bertz CT molecular complexity index is 1530. The number of amides is 1. The summed E-state index contributed by atoms with van der Waals surface area (Å²) in [4.78, 5) is 25.5. The summed E-state index contributed by atoms with van der Waals surface area (Å²) in [5, 5.41) is 31.8. The lowest BCUT2D eigenvalue weighted by atomic mass is 10.0. The fraction of sp³-hybridized carbons (Fsp3) is 0.310. The number of aliphatic hydroxyl groups excluding tert-OH is 3. The van der Waals surface area contributed by atoms with E-state index in [-0.39, 0.29) is 30.1 Å². The monoisotopic (exact) mass is 536 g/mol. The van der Waals surface area contributed by atoms with Crippen LogP contribution in [0.2, 0.25) is 5.02 Å². The van der Waals surface area contributed by atoms with Gasteiger partial charge in [-0.25, -0.2) is 0 Å². The fourth-order valence-electron chi connectivity index (χ4n) is 4.75. The van der Waals surface area contributed by atoms with Crippen LogP contribution in [0.15, 0.2) is 54.7 Å². The predicted octanol–water partition coefficient (Wildman–Crippen LogP) is 3.79. The van der Waals surface area contributed by atoms with Crippen molar-refractivity contribution in [1.29, 1.82) is 0 Å². The molecule has 1 amide bonds. The number of nitrogens with zero attached hydrogens (tertiary/aromatic N) is 1. The summed E-state index contributed by atoms with van der Waals surface area (Å²) < 4.78 is 7.72. The highest BCUT2D eigenvalue weighted by atomic mass is 35.5. The molecule has 1 aliphatic rings. The van der Waals surface area contributed by atoms with Gasteiger partial charge in [-0.1, -0.05) is 29.8 Å². The van der Waals surface area contributed by atoms with Crippen LogP contribution in [0, 0.1) is 0 Å². The van der Waals surface area contributed by atoms with E-state index in [0.717, 1.165) is 34.5 Å². The average Bonchev–Trinajstić information content (AvgIpc) is 3.70. The van der Waals surface area contributed by atoms with Crippen molar-refractivity contribution in [3.8, 4) is 5.75 Å². The topological polar surface area (TPSA) is 135 Å². The van der Waals surface area contributed by atoms with E-state index in [2.05, 4.69) is 6.07 Å². The first-order chi connectivity index (χ1) is 18.2. The Hall–Kier alpha value is -3.43. The third-order valence-electron chi connectivity index (χ3n) is 7.08. The summed E-state index contributed by atoms with van der Waals surface area (Å²) >= 11 is 6.07. The number of nitrogens with two attached hydrogens (primary N) is 1. The van der Waals surface area contributed by atoms with Crippen molar-refractivity contribution in [3.63, 3.8) is 0 Å². The smallest absolute Gasteiger partial charge is 0.252 e. The second kappa shape index (κ2) is 10.7. The zero-order chi connectivity index (χ0) is 27.0. The van der Waals surface area contributed by atoms with Gasteiger partial charge in [0.15, 0.2) is 6.61 Å². The highest BCUT2D eigenvalue weighted by molar-refractivity contribution is 6.31. The van der Waals surface area contributed by atoms with E-state index < -0.39 is 24.7 Å². The van der Waals surface area contributed by atoms with Gasteiger partial charge in [-0.3, -0.25) is 9.59 Å². The number of aromatic nitrogens is 1. The zero-order valence-electron chi connectivity index (χ0n) is 20.6. The number of rotatable bonds is 11. The van der Waals surface area contributed by atoms with Gasteiger partial charge < -0.3 is 30.4 Å². The fourth-order valence-corrected chi connectivity index (χ4v) is 4.93. The lowest BCUT2D eigenvalue weighted by Crippen LogP contribution is -2.30. The van der Waals surface area contributed by atoms with Crippen LogP contribution >= 0.6 is 11.6 Å². The molecule has 198 valence electrons. The minimum Gasteiger partial charge on any atom is -0.485 e. The lowest BCUT2D eigenvalue weighted by Gasteiger charge is -2.16. The highest BCUT2D eigenvalue weighted by Crippen LogP contribution is 2.41. The van der Waals surface area contributed by atoms with E-state index in [1.807, 2.05) is 16.7 Å². The number of carbonyl (C=O) groups excluding carboxylic acids is 2. The average molecular weight is 537 g/mol. The third-order valence-corrected chi connectivity index (χ3v) is 7.31. The number of aliphatic hydroxyl groups is 3. The van der Waals surface area contributed by atoms with Crippen molar-refractivity contribution in [2.45, 2.75) is 43.9 Å². The molecule has 0 saturated heterocycles. The molecule has 5 rings (SSSR count). The second-order valence-electron chi connectivity index (χ2n) is 9.81. The van der Waals surface area contributed by atoms with E-state index in [9.17, 15) is 19.8 Å². The number of carbonyl (C=O) groups is 2. The molecule has 38 heavy (non-hydrogen) atoms. The van der Waals surface area contributed by atoms with Gasteiger partial charge in [0.05, 0.1) is 18.3 Å². The molecule has 0 unspecified atom stereocenters. The number of benzene rings is 3. The van der Waals surface area contributed by atoms with Crippen molar-refractivity contribution < 1.29 is 29.6 Å². The first-order valence-electron chi connectivity index (χ1n) is 12.5. The Labute approximate surface area is 224 Å². The highest BCUT2D eigenvalue weighted by Gasteiger charge is 2.25. The molecule has 1 saturated carbocycles. The SMILES string of the molecule is NC(=O)c1cc2cc(Cl)ccc2cc1OCC(=O)c1cn(CC[C@@H](O)[C@H](O)CO)c2cc(C3CC3)ccc12. The van der Waals surface area contributed by atoms with Crippen molar-refractivity contribution >= 4 is 45.0 Å². The molecule has 1 aliphatic carbocycles. The molecule has 5 N–H and O–H groups in total. The van der Waals surface area contributed by atoms with Gasteiger partial charge in [0, 0.05) is 34.2 Å². The number of ketones is 1. The van der Waals surface area contributed by atoms with Crippen LogP contribution in [0.4, 0.5) is 0 Å². The standard InChI is InChI=1S/C29H29ClN2O6/c30-20-5-3-18-12-28(22(29(31)37)10-19(18)9-20)38-15-27(36)23-13-32(8-7-25(34)26(35)14-33)24-11-17(16-1-2-16)4-6-21(23)24/h3-6,9-13,16,25-26,33-35H,1-2,7-8,14-15H2,(H2,31,37)/t25-,26-/m1/s1. The number of ether oxygens (including phenoxy) is 1. The zero-order valence-corrected chi connectivity index (χ0v) is 21.4. The van der Waals surface area contributed by atoms with Crippen molar-refractivity contribution in [1.82, 2.24) is 4.57 Å². The number of aryl methyl sites for hydroxylation is 1. The van der Waals surface area contributed by atoms with E-state index in [0.29, 0.717) is 23.0 Å². The van der Waals surface area contributed by atoms with E-state index in [4.69, 9.17) is 27.2 Å². The third kappa shape index (κ3) is 5.39. The van der Waals surface area contributed by atoms with Crippen LogP contribution in [-0.2, 0) is 6.54 Å². The summed E-state index contributed by atoms with van der Waals surface area (Å²) in [7, 11) is 0. The summed E-state index contributed by atoms with van der Waals surface area (Å²) in [6.45, 7) is -0.500. The summed E-state index contributed by atoms with van der Waals surface area (Å²) in [6, 6.07) is 14.5. The number of fused-ring (bicyclic) bond motifs is 2. The molecule has 2 atom stereocenters. The summed E-state index contributed by atoms with van der Waals surface area (Å²) in [6.07, 6.45) is 1.86. The number of halogens is 1. The molecule has 0 spiro atoms. The van der Waals surface area contributed by atoms with Crippen LogP contribution in [0.1, 0.15) is 51.5 Å². The molecule has 1 fully saturated rings. The predicted molar refractivity (Wildman–Crippen MR) is 145 cm³/mol. The molecule has 3 aromatic carbocycles. The second-order valence-corrected chi connectivity index (χ2v) is 10.2. The maximum atomic E-state index is 13.4. The molecule has 0 radical (unpaired) electrons. The molecule has 0 bridgehead atoms. The molecule has 4 aromatic rings. The van der Waals surface area contributed by atoms with Crippen molar-refractivity contribution in [2.75, 3.05) is 13.2 Å². The first kappa shape index (κ1) is 26.2. The summed E-state index contributed by atoms with van der Waals surface area (Å²) in [5.74, 6) is -0.235. The Kier molecular flexibility index (Phi) is 7.40. The molecule has 9 heteroatoms. The van der Waals surface area contributed by atoms with Gasteiger partial charge >= 0.3 is 0 Å². The van der Waals surface area contributed by atoms with Crippen molar-refractivity contribution in [2.24, 2.45) is 5.73 Å². The van der Waals surface area contributed by atoms with Gasteiger partial charge in [0.25, 0.3) is 5.91 Å². The van der Waals surface area contributed by atoms with Crippen LogP contribution in [0.25, 0.3) is 21.7 Å². The number of hydrogen-bond acceptors (Lipinski definition) is 6.